The molecule has 8 aromatic heterocycles. The molecule has 4 aliphatic heterocycles. The Bertz CT molecular complexity index is 4370. The van der Waals surface area contributed by atoms with E-state index >= 15 is 0 Å². The Balaban J connectivity index is 0.000000142. The number of esters is 2. The van der Waals surface area contributed by atoms with Gasteiger partial charge in [-0.2, -0.15) is 107 Å². The molecule has 0 atom stereocenters. The first-order valence-corrected chi connectivity index (χ1v) is 45.1. The van der Waals surface area contributed by atoms with Crippen molar-refractivity contribution in [2.45, 2.75) is 178 Å². The van der Waals surface area contributed by atoms with Crippen molar-refractivity contribution in [3.8, 4) is 23.8 Å². The number of hydrogen-bond acceptors (Lipinski definition) is 29. The molecule has 6 N–H and O–H groups in total. The highest BCUT2D eigenvalue weighted by Crippen LogP contribution is 2.39. The van der Waals surface area contributed by atoms with E-state index in [0.29, 0.717) is 104 Å². The number of hydrogen-bond donors (Lipinski definition) is 6. The van der Waals surface area contributed by atoms with E-state index in [-0.39, 0.29) is 118 Å². The summed E-state index contributed by atoms with van der Waals surface area (Å²) in [6.07, 6.45) is 8.58. The highest BCUT2D eigenvalue weighted by atomic mass is 35.5. The predicted molar refractivity (Wildman–Crippen MR) is 446 cm³/mol. The van der Waals surface area contributed by atoms with Gasteiger partial charge in [0.25, 0.3) is 23.8 Å². The van der Waals surface area contributed by atoms with Gasteiger partial charge in [0.05, 0.1) is 31.2 Å². The third kappa shape index (κ3) is 27.3. The van der Waals surface area contributed by atoms with Gasteiger partial charge in [0, 0.05) is 223 Å². The summed E-state index contributed by atoms with van der Waals surface area (Å²) in [5.41, 5.74) is 1.15. The summed E-state index contributed by atoms with van der Waals surface area (Å²) in [6, 6.07) is 13.2. The first-order chi connectivity index (χ1) is 57.3. The fraction of sp³-hybridized carbons (Fsp3) is 0.605. The molecular formula is C76H100ClF9N24O5S4. The molecule has 648 valence electrons. The molecular weight excluding hydrogens is 1660 g/mol. The third-order valence-electron chi connectivity index (χ3n) is 20.5. The van der Waals surface area contributed by atoms with E-state index in [0.717, 1.165) is 91.2 Å². The van der Waals surface area contributed by atoms with E-state index in [1.807, 2.05) is 65.2 Å². The Hall–Kier alpha value is -8.32. The number of aliphatic hydroxyl groups excluding tert-OH is 1. The van der Waals surface area contributed by atoms with Crippen LogP contribution in [0, 0.1) is 0 Å². The maximum Gasteiger partial charge on any atom is 0.358 e. The van der Waals surface area contributed by atoms with Crippen molar-refractivity contribution in [3.05, 3.63) is 101 Å². The number of nitrogens with zero attached hydrogens (tertiary/aromatic N) is 19. The van der Waals surface area contributed by atoms with Crippen LogP contribution in [-0.2, 0) is 22.8 Å². The lowest BCUT2D eigenvalue weighted by atomic mass is 9.92. The normalized spacial score (nSPS) is 19.5. The summed E-state index contributed by atoms with van der Waals surface area (Å²) in [5.74, 6) is 3.15. The van der Waals surface area contributed by atoms with Crippen LogP contribution in [0.3, 0.4) is 0 Å². The quantitative estimate of drug-likeness (QED) is 0.0221. The first kappa shape index (κ1) is 89.9. The van der Waals surface area contributed by atoms with Crippen LogP contribution in [0.2, 0.25) is 5.15 Å². The molecule has 4 saturated carbocycles. The number of aromatic nitrogens is 16. The van der Waals surface area contributed by atoms with Gasteiger partial charge in [0.2, 0.25) is 23.7 Å². The second-order valence-corrected chi connectivity index (χ2v) is 34.7. The molecule has 0 bridgehead atoms. The van der Waals surface area contributed by atoms with Gasteiger partial charge in [-0.15, -0.1) is 0 Å². The standard InChI is InChI=1S/C20H26F2N6O2S.C18H23F3N6S.C18H24F2N6OS.C16H18ClF2N5O2.C4H9NS/c1-2-30-18(29)15-5-8-28(26-15)19-24-16(23-14-3-6-20(21,22)7-4-14)13-17(25-19)27-9-11-31-12-10-27;19-12-14-3-6-27(25-14)17-23-15(22-13-1-4-18(20,21)5-2-13)11-16(24-17)26-7-9-28-10-8-26;19-18(20)4-1-13(2-5-18)21-15-11-16(25-7-9-28-10-8-25)23-17(22-15)26-6-3-14(12-27)24-26;1-2-26-14(25)11-5-8-24(23-11)15-21-12(17)9-13(22-15)20-10-3-6-16(18,19)7-4-10;1-3-6-4-2-5-1/h5,8,13-14H,2-4,6-7,9-12H2,1H3,(H,23,24,25);3,6,11,13H,1-2,4-5,7-10,12H2,(H,22,23,24);3,6,11,13,27H,1-2,4-5,7-10,12H2,(H,21,22,23);5,8-10H,2-4,6-7H2,1H3,(H,20,21,22);5H,1-4H2. The average Bonchev–Trinajstić information content (AvgIpc) is 1.78. The average molecular weight is 1760 g/mol. The van der Waals surface area contributed by atoms with Crippen molar-refractivity contribution in [1.82, 2.24) is 84.3 Å². The van der Waals surface area contributed by atoms with Crippen LogP contribution >= 0.6 is 58.6 Å². The number of carbonyl (C=O) groups is 2. The lowest BCUT2D eigenvalue weighted by Crippen LogP contribution is -2.34. The highest BCUT2D eigenvalue weighted by Gasteiger charge is 2.39. The van der Waals surface area contributed by atoms with Crippen molar-refractivity contribution < 1.29 is 63.7 Å². The Morgan fingerprint density at radius 3 is 1.02 bits per heavy atom. The molecule has 4 aliphatic carbocycles. The van der Waals surface area contributed by atoms with Crippen molar-refractivity contribution in [2.24, 2.45) is 0 Å². The molecule has 0 aromatic carbocycles. The number of halogens is 10. The Kier molecular flexibility index (Phi) is 32.5. The number of thioether (sulfide) groups is 4. The van der Waals surface area contributed by atoms with Crippen LogP contribution in [0.15, 0.2) is 73.3 Å². The van der Waals surface area contributed by atoms with Gasteiger partial charge in [0.15, 0.2) is 11.4 Å². The van der Waals surface area contributed by atoms with Crippen LogP contribution in [0.25, 0.3) is 23.8 Å². The SMILES string of the molecule is C1CSCCN1.CCOC(=O)c1ccn(-c2nc(Cl)cc(NC3CCC(F)(F)CC3)n2)n1.CCOC(=O)c1ccn(-c2nc(NC3CCC(F)(F)CC3)cc(N3CCSCC3)n2)n1.FCc1ccn(-c2nc(NC3CCC(F)(F)CC3)cc(N3CCSCC3)n2)n1.OCc1ccn(-c2nc(NC3CCC(F)(F)CC3)cc(N3CCSCC3)n2)n1. The Morgan fingerprint density at radius 1 is 0.437 bits per heavy atom. The molecule has 8 aliphatic rings. The molecule has 0 spiro atoms. The predicted octanol–water partition coefficient (Wildman–Crippen LogP) is 13.6. The zero-order chi connectivity index (χ0) is 83.9. The van der Waals surface area contributed by atoms with Gasteiger partial charge in [0.1, 0.15) is 52.6 Å². The third-order valence-corrected chi connectivity index (χ3v) is 24.5. The number of alkyl halides is 9. The smallest absolute Gasteiger partial charge is 0.358 e. The van der Waals surface area contributed by atoms with Crippen molar-refractivity contribution in [1.29, 1.82) is 0 Å². The second-order valence-electron chi connectivity index (χ2n) is 29.4. The number of anilines is 7. The van der Waals surface area contributed by atoms with Gasteiger partial charge >= 0.3 is 11.9 Å². The van der Waals surface area contributed by atoms with Crippen LogP contribution in [0.5, 0.6) is 0 Å². The van der Waals surface area contributed by atoms with E-state index in [1.54, 1.807) is 50.6 Å². The summed E-state index contributed by atoms with van der Waals surface area (Å²) >= 11 is 13.8. The first-order valence-electron chi connectivity index (χ1n) is 40.1. The minimum Gasteiger partial charge on any atom is -0.461 e. The van der Waals surface area contributed by atoms with Crippen molar-refractivity contribution in [2.75, 3.05) is 148 Å². The van der Waals surface area contributed by atoms with Gasteiger partial charge in [-0.25, -0.2) is 67.8 Å². The zero-order valence-electron chi connectivity index (χ0n) is 66.2. The minimum atomic E-state index is -2.59. The number of ether oxygens (including phenoxy) is 2. The van der Waals surface area contributed by atoms with E-state index in [2.05, 4.69) is 102 Å². The largest absolute Gasteiger partial charge is 0.461 e. The van der Waals surface area contributed by atoms with Gasteiger partial charge in [-0.1, -0.05) is 11.6 Å². The highest BCUT2D eigenvalue weighted by molar-refractivity contribution is 8.00. The topological polar surface area (TPSA) is 317 Å². The van der Waals surface area contributed by atoms with Crippen LogP contribution in [0.4, 0.5) is 80.2 Å². The molecule has 12 heterocycles. The number of aliphatic hydroxyl groups is 1. The molecule has 43 heteroatoms. The molecule has 119 heavy (non-hydrogen) atoms. The summed E-state index contributed by atoms with van der Waals surface area (Å²) < 4.78 is 136. The molecule has 8 fully saturated rings. The Labute approximate surface area is 705 Å². The van der Waals surface area contributed by atoms with E-state index < -0.39 is 42.3 Å². The van der Waals surface area contributed by atoms with Crippen LogP contribution in [-0.4, -0.2) is 255 Å². The number of carbonyl (C=O) groups excluding carboxylic acids is 2. The lowest BCUT2D eigenvalue weighted by Gasteiger charge is -2.30. The van der Waals surface area contributed by atoms with Crippen molar-refractivity contribution >= 4 is 111 Å². The summed E-state index contributed by atoms with van der Waals surface area (Å²) in [4.78, 5) is 66.2. The summed E-state index contributed by atoms with van der Waals surface area (Å²) in [7, 11) is 0. The molecule has 0 radical (unpaired) electrons. The van der Waals surface area contributed by atoms with E-state index in [9.17, 15) is 54.2 Å². The molecule has 16 rings (SSSR count). The zero-order valence-corrected chi connectivity index (χ0v) is 70.2. The van der Waals surface area contributed by atoms with Crippen molar-refractivity contribution in [3.63, 3.8) is 0 Å². The number of nitrogens with one attached hydrogen (secondary N) is 5. The van der Waals surface area contributed by atoms with Gasteiger partial charge in [-0.3, -0.25) is 0 Å². The fourth-order valence-electron chi connectivity index (χ4n) is 13.9. The fourth-order valence-corrected chi connectivity index (χ4v) is 17.6. The van der Waals surface area contributed by atoms with Gasteiger partial charge < -0.3 is 55.9 Å². The van der Waals surface area contributed by atoms with Gasteiger partial charge in [-0.05, 0) is 89.5 Å². The second kappa shape index (κ2) is 42.9. The molecule has 4 saturated heterocycles. The van der Waals surface area contributed by atoms with E-state index in [1.165, 1.54) is 61.7 Å². The summed E-state index contributed by atoms with van der Waals surface area (Å²) in [5, 5.41) is 42.5. The van der Waals surface area contributed by atoms with Crippen LogP contribution < -0.4 is 41.3 Å². The lowest BCUT2D eigenvalue weighted by molar-refractivity contribution is -0.0366. The minimum absolute atomic E-state index is 0.0299. The Morgan fingerprint density at radius 2 is 0.731 bits per heavy atom. The monoisotopic (exact) mass is 1760 g/mol. The maximum atomic E-state index is 13.5. The summed E-state index contributed by atoms with van der Waals surface area (Å²) in [6.45, 7) is 10.8. The molecule has 0 unspecified atom stereocenters. The van der Waals surface area contributed by atoms with Crippen LogP contribution in [0.1, 0.15) is 149 Å². The maximum absolute atomic E-state index is 13.5. The number of rotatable bonds is 21. The van der Waals surface area contributed by atoms with E-state index in [4.69, 9.17) is 21.1 Å². The molecule has 29 nitrogen and oxygen atoms in total. The molecule has 8 aromatic rings. The molecule has 0 amide bonds.